The maximum absolute atomic E-state index is 12.5. The Hall–Kier alpha value is -2.75. The maximum atomic E-state index is 12.5. The van der Waals surface area contributed by atoms with Gasteiger partial charge < -0.3 is 14.8 Å². The second kappa shape index (κ2) is 9.81. The molecule has 0 unspecified atom stereocenters. The molecule has 1 aliphatic rings. The summed E-state index contributed by atoms with van der Waals surface area (Å²) < 4.78 is 11.2. The van der Waals surface area contributed by atoms with E-state index >= 15 is 0 Å². The number of methoxy groups -OCH3 is 1. The maximum Gasteiger partial charge on any atom is 0.251 e. The molecule has 0 aromatic heterocycles. The van der Waals surface area contributed by atoms with Crippen LogP contribution in [-0.4, -0.2) is 19.6 Å². The largest absolute Gasteiger partial charge is 0.496 e. The third-order valence-electron chi connectivity index (χ3n) is 4.80. The molecule has 1 N–H and O–H groups in total. The zero-order valence-electron chi connectivity index (χ0n) is 15.9. The summed E-state index contributed by atoms with van der Waals surface area (Å²) >= 11 is 0. The first-order valence-electron chi connectivity index (χ1n) is 9.57. The first-order valence-corrected chi connectivity index (χ1v) is 9.57. The summed E-state index contributed by atoms with van der Waals surface area (Å²) in [6.45, 7) is 1.02. The Morgan fingerprint density at radius 1 is 1.11 bits per heavy atom. The van der Waals surface area contributed by atoms with Gasteiger partial charge in [0.15, 0.2) is 0 Å². The molecule has 0 spiro atoms. The number of ether oxygens (including phenoxy) is 2. The summed E-state index contributed by atoms with van der Waals surface area (Å²) in [4.78, 5) is 12.5. The van der Waals surface area contributed by atoms with E-state index in [1.165, 1.54) is 31.3 Å². The number of hydrogen-bond acceptors (Lipinski definition) is 3. The Balaban J connectivity index is 1.59. The van der Waals surface area contributed by atoms with Gasteiger partial charge in [-0.25, -0.2) is 0 Å². The first kappa shape index (κ1) is 19.0. The number of nitrogens with one attached hydrogen (secondary N) is 1. The number of rotatable bonds is 8. The van der Waals surface area contributed by atoms with Crippen molar-refractivity contribution >= 4 is 5.91 Å². The topological polar surface area (TPSA) is 47.6 Å². The van der Waals surface area contributed by atoms with E-state index < -0.39 is 0 Å². The van der Waals surface area contributed by atoms with Crippen molar-refractivity contribution in [2.24, 2.45) is 0 Å². The summed E-state index contributed by atoms with van der Waals surface area (Å²) in [5.41, 5.74) is 2.94. The Morgan fingerprint density at radius 3 is 2.70 bits per heavy atom. The van der Waals surface area contributed by atoms with Gasteiger partial charge in [-0.2, -0.15) is 0 Å². The molecule has 27 heavy (non-hydrogen) atoms. The lowest BCUT2D eigenvalue weighted by atomic mass is 9.97. The van der Waals surface area contributed by atoms with Crippen molar-refractivity contribution in [2.45, 2.75) is 38.7 Å². The lowest BCUT2D eigenvalue weighted by Crippen LogP contribution is -2.25. The van der Waals surface area contributed by atoms with Gasteiger partial charge in [0.25, 0.3) is 5.91 Å². The second-order valence-corrected chi connectivity index (χ2v) is 6.74. The molecular formula is C23H27NO3. The summed E-state index contributed by atoms with van der Waals surface area (Å²) in [5.74, 6) is 1.44. The zero-order valence-corrected chi connectivity index (χ0v) is 15.9. The van der Waals surface area contributed by atoms with Crippen molar-refractivity contribution in [2.75, 3.05) is 13.7 Å². The predicted octanol–water partition coefficient (Wildman–Crippen LogP) is 4.89. The molecule has 2 aromatic rings. The molecule has 0 fully saturated rings. The molecule has 4 heteroatoms. The van der Waals surface area contributed by atoms with E-state index in [0.717, 1.165) is 23.5 Å². The minimum atomic E-state index is -0.0602. The van der Waals surface area contributed by atoms with Gasteiger partial charge in [0.1, 0.15) is 18.1 Å². The fourth-order valence-electron chi connectivity index (χ4n) is 3.28. The average Bonchev–Trinajstić information content (AvgIpc) is 2.73. The van der Waals surface area contributed by atoms with Crippen molar-refractivity contribution < 1.29 is 14.3 Å². The number of allylic oxidation sites excluding steroid dienone is 1. The number of benzene rings is 2. The molecule has 142 valence electrons. The first-order chi connectivity index (χ1) is 13.3. The molecule has 0 aliphatic heterocycles. The number of para-hydroxylation sites is 1. The normalized spacial score (nSPS) is 13.6. The minimum Gasteiger partial charge on any atom is -0.496 e. The zero-order chi connectivity index (χ0) is 18.9. The standard InChI is InChI=1S/C23H27NO3/c1-26-22-13-12-19(16-20(22)17-27-21-10-6-3-7-11-21)23(25)24-15-14-18-8-4-2-5-9-18/h3,6-8,10-13,16H,2,4-5,9,14-15,17H2,1H3,(H,24,25). The van der Waals surface area contributed by atoms with Crippen molar-refractivity contribution in [1.29, 1.82) is 0 Å². The van der Waals surface area contributed by atoms with Gasteiger partial charge in [0, 0.05) is 17.7 Å². The van der Waals surface area contributed by atoms with Crippen LogP contribution in [0.2, 0.25) is 0 Å². The third-order valence-corrected chi connectivity index (χ3v) is 4.80. The van der Waals surface area contributed by atoms with Crippen LogP contribution in [0.15, 0.2) is 60.2 Å². The van der Waals surface area contributed by atoms with E-state index in [1.807, 2.05) is 42.5 Å². The van der Waals surface area contributed by atoms with Gasteiger partial charge in [-0.15, -0.1) is 0 Å². The van der Waals surface area contributed by atoms with E-state index in [4.69, 9.17) is 9.47 Å². The molecule has 0 radical (unpaired) electrons. The fourth-order valence-corrected chi connectivity index (χ4v) is 3.28. The summed E-state index contributed by atoms with van der Waals surface area (Å²) in [5, 5.41) is 3.02. The Bertz CT molecular complexity index is 783. The van der Waals surface area contributed by atoms with Crippen molar-refractivity contribution in [3.8, 4) is 11.5 Å². The number of carbonyl (C=O) groups excluding carboxylic acids is 1. The lowest BCUT2D eigenvalue weighted by molar-refractivity contribution is 0.0954. The highest BCUT2D eigenvalue weighted by atomic mass is 16.5. The molecule has 0 bridgehead atoms. The Morgan fingerprint density at radius 2 is 1.96 bits per heavy atom. The van der Waals surface area contributed by atoms with Crippen LogP contribution in [0.5, 0.6) is 11.5 Å². The summed E-state index contributed by atoms with van der Waals surface area (Å²) in [6.07, 6.45) is 8.15. The van der Waals surface area contributed by atoms with Gasteiger partial charge in [-0.1, -0.05) is 29.8 Å². The highest BCUT2D eigenvalue weighted by Crippen LogP contribution is 2.23. The van der Waals surface area contributed by atoms with Crippen LogP contribution in [0.25, 0.3) is 0 Å². The van der Waals surface area contributed by atoms with Crippen LogP contribution in [0.3, 0.4) is 0 Å². The smallest absolute Gasteiger partial charge is 0.251 e. The molecule has 1 amide bonds. The van der Waals surface area contributed by atoms with E-state index in [1.54, 1.807) is 13.2 Å². The van der Waals surface area contributed by atoms with Gasteiger partial charge in [-0.3, -0.25) is 4.79 Å². The molecule has 1 aliphatic carbocycles. The summed E-state index contributed by atoms with van der Waals surface area (Å²) in [6, 6.07) is 15.1. The highest BCUT2D eigenvalue weighted by Gasteiger charge is 2.11. The number of hydrogen-bond donors (Lipinski definition) is 1. The SMILES string of the molecule is COc1ccc(C(=O)NCCC2=CCCCC2)cc1COc1ccccc1. The van der Waals surface area contributed by atoms with Crippen molar-refractivity contribution in [1.82, 2.24) is 5.32 Å². The molecule has 0 atom stereocenters. The number of amides is 1. The predicted molar refractivity (Wildman–Crippen MR) is 107 cm³/mol. The average molecular weight is 365 g/mol. The Kier molecular flexibility index (Phi) is 6.91. The van der Waals surface area contributed by atoms with E-state index in [2.05, 4.69) is 11.4 Å². The molecule has 4 nitrogen and oxygen atoms in total. The van der Waals surface area contributed by atoms with Crippen molar-refractivity contribution in [3.63, 3.8) is 0 Å². The van der Waals surface area contributed by atoms with E-state index in [0.29, 0.717) is 18.7 Å². The van der Waals surface area contributed by atoms with Gasteiger partial charge in [0.2, 0.25) is 0 Å². The molecule has 0 saturated heterocycles. The number of carbonyl (C=O) groups is 1. The summed E-state index contributed by atoms with van der Waals surface area (Å²) in [7, 11) is 1.62. The molecule has 0 saturated carbocycles. The van der Waals surface area contributed by atoms with E-state index in [9.17, 15) is 4.79 Å². The molecular weight excluding hydrogens is 338 g/mol. The van der Waals surface area contributed by atoms with Gasteiger partial charge in [0.05, 0.1) is 7.11 Å². The monoisotopic (exact) mass is 365 g/mol. The minimum absolute atomic E-state index is 0.0602. The molecule has 0 heterocycles. The fraction of sp³-hybridized carbons (Fsp3) is 0.348. The lowest BCUT2D eigenvalue weighted by Gasteiger charge is -2.14. The van der Waals surface area contributed by atoms with Crippen LogP contribution >= 0.6 is 0 Å². The van der Waals surface area contributed by atoms with Gasteiger partial charge in [-0.05, 0) is 62.4 Å². The quantitative estimate of drug-likeness (QED) is 0.677. The van der Waals surface area contributed by atoms with Crippen LogP contribution in [0, 0.1) is 0 Å². The van der Waals surface area contributed by atoms with Crippen molar-refractivity contribution in [3.05, 3.63) is 71.3 Å². The van der Waals surface area contributed by atoms with Crippen LogP contribution in [0.1, 0.15) is 48.0 Å². The van der Waals surface area contributed by atoms with Crippen LogP contribution < -0.4 is 14.8 Å². The highest BCUT2D eigenvalue weighted by molar-refractivity contribution is 5.94. The van der Waals surface area contributed by atoms with Gasteiger partial charge >= 0.3 is 0 Å². The molecule has 2 aromatic carbocycles. The Labute approximate surface area is 161 Å². The second-order valence-electron chi connectivity index (χ2n) is 6.74. The van der Waals surface area contributed by atoms with Crippen LogP contribution in [0.4, 0.5) is 0 Å². The van der Waals surface area contributed by atoms with E-state index in [-0.39, 0.29) is 5.91 Å². The molecule has 3 rings (SSSR count). The third kappa shape index (κ3) is 5.61. The van der Waals surface area contributed by atoms with Crippen LogP contribution in [-0.2, 0) is 6.61 Å².